The molecule has 2 atom stereocenters. The Balaban J connectivity index is 1.35. The van der Waals surface area contributed by atoms with Crippen molar-refractivity contribution >= 4 is 27.7 Å². The number of amides is 1. The molecule has 3 aliphatic rings. The minimum Gasteiger partial charge on any atom is -0.384 e. The lowest BCUT2D eigenvalue weighted by Gasteiger charge is -2.35. The second kappa shape index (κ2) is 10.5. The molecule has 2 aromatic rings. The summed E-state index contributed by atoms with van der Waals surface area (Å²) >= 11 is 0. The van der Waals surface area contributed by atoms with Crippen LogP contribution in [-0.2, 0) is 14.8 Å². The molecule has 6 N–H and O–H groups in total. The molecule has 0 aromatic carbocycles. The number of H-pyrrole nitrogens is 1. The van der Waals surface area contributed by atoms with Crippen LogP contribution in [0.2, 0.25) is 0 Å². The zero-order valence-electron chi connectivity index (χ0n) is 21.7. The Labute approximate surface area is 223 Å². The van der Waals surface area contributed by atoms with E-state index in [1.54, 1.807) is 22.8 Å². The Morgan fingerprint density at radius 3 is 2.37 bits per heavy atom. The first-order valence-electron chi connectivity index (χ1n) is 13.2. The van der Waals surface area contributed by atoms with Gasteiger partial charge in [-0.15, -0.1) is 0 Å². The van der Waals surface area contributed by atoms with Crippen LogP contribution in [0.4, 0.5) is 5.82 Å². The Hall–Kier alpha value is -3.19. The number of carbonyl (C=O) groups excluding carboxylic acids is 1. The molecule has 2 aromatic heterocycles. The molecule has 3 saturated heterocycles. The molecule has 0 radical (unpaired) electrons. The van der Waals surface area contributed by atoms with E-state index in [1.165, 1.54) is 6.26 Å². The van der Waals surface area contributed by atoms with E-state index in [-0.39, 0.29) is 29.7 Å². The van der Waals surface area contributed by atoms with Gasteiger partial charge >= 0.3 is 0 Å². The number of carbonyl (C=O) groups is 1. The molecule has 3 fully saturated rings. The number of aromatic amines is 1. The number of nitrogens with two attached hydrogens (primary N) is 2. The molecule has 12 nitrogen and oxygen atoms in total. The number of piperidine rings is 2. The van der Waals surface area contributed by atoms with E-state index in [0.29, 0.717) is 57.3 Å². The SMILES string of the molecule is CS(=O)(=O)N1CCC([C@H]2C[C@@H](c3ncc(-c4ccc(N)nc4)[nH]3)N(C(=O)C3CCN(C(=N)N)CC3)C2)CC1. The maximum Gasteiger partial charge on any atom is 0.226 e. The maximum atomic E-state index is 13.9. The topological polar surface area (TPSA) is 178 Å². The number of hydrogen-bond donors (Lipinski definition) is 4. The van der Waals surface area contributed by atoms with Crippen molar-refractivity contribution in [2.75, 3.05) is 44.7 Å². The summed E-state index contributed by atoms with van der Waals surface area (Å²) in [4.78, 5) is 29.9. The van der Waals surface area contributed by atoms with Gasteiger partial charge in [-0.05, 0) is 56.1 Å². The number of hydrogen-bond acceptors (Lipinski definition) is 7. The molecule has 5 heterocycles. The van der Waals surface area contributed by atoms with Gasteiger partial charge in [0.15, 0.2) is 5.96 Å². The molecule has 206 valence electrons. The third-order valence-corrected chi connectivity index (χ3v) is 9.75. The highest BCUT2D eigenvalue weighted by Gasteiger charge is 2.44. The summed E-state index contributed by atoms with van der Waals surface area (Å²) in [5.41, 5.74) is 13.1. The van der Waals surface area contributed by atoms with Crippen LogP contribution in [0.25, 0.3) is 11.3 Å². The second-order valence-electron chi connectivity index (χ2n) is 10.8. The van der Waals surface area contributed by atoms with E-state index in [9.17, 15) is 13.2 Å². The molecule has 0 unspecified atom stereocenters. The zero-order valence-corrected chi connectivity index (χ0v) is 22.5. The van der Waals surface area contributed by atoms with E-state index in [1.807, 2.05) is 15.9 Å². The van der Waals surface area contributed by atoms with Crippen LogP contribution in [0.1, 0.15) is 44.0 Å². The molecule has 5 rings (SSSR count). The second-order valence-corrected chi connectivity index (χ2v) is 12.8. The number of sulfonamides is 1. The van der Waals surface area contributed by atoms with Crippen molar-refractivity contribution in [1.29, 1.82) is 5.41 Å². The molecule has 1 amide bonds. The molecule has 0 aliphatic carbocycles. The van der Waals surface area contributed by atoms with Crippen molar-refractivity contribution in [3.05, 3.63) is 30.4 Å². The average molecular weight is 544 g/mol. The fourth-order valence-corrected chi connectivity index (χ4v) is 7.08. The van der Waals surface area contributed by atoms with Gasteiger partial charge in [0.05, 0.1) is 24.2 Å². The lowest BCUT2D eigenvalue weighted by atomic mass is 9.83. The van der Waals surface area contributed by atoms with Crippen LogP contribution < -0.4 is 11.5 Å². The molecule has 0 saturated carbocycles. The summed E-state index contributed by atoms with van der Waals surface area (Å²) in [6.07, 6.45) is 8.45. The van der Waals surface area contributed by atoms with E-state index >= 15 is 0 Å². The van der Waals surface area contributed by atoms with Gasteiger partial charge in [-0.2, -0.15) is 0 Å². The number of rotatable bonds is 5. The lowest BCUT2D eigenvalue weighted by molar-refractivity contribution is -0.138. The van der Waals surface area contributed by atoms with Gasteiger partial charge in [0, 0.05) is 50.4 Å². The molecule has 3 aliphatic heterocycles. The van der Waals surface area contributed by atoms with Gasteiger partial charge in [0.25, 0.3) is 0 Å². The van der Waals surface area contributed by atoms with Crippen molar-refractivity contribution in [1.82, 2.24) is 29.1 Å². The van der Waals surface area contributed by atoms with E-state index < -0.39 is 10.0 Å². The monoisotopic (exact) mass is 543 g/mol. The fraction of sp³-hybridized carbons (Fsp3) is 0.600. The zero-order chi connectivity index (χ0) is 27.0. The van der Waals surface area contributed by atoms with Crippen molar-refractivity contribution < 1.29 is 13.2 Å². The summed E-state index contributed by atoms with van der Waals surface area (Å²) in [6, 6.07) is 3.45. The largest absolute Gasteiger partial charge is 0.384 e. The normalized spacial score (nSPS) is 24.1. The Kier molecular flexibility index (Phi) is 7.32. The van der Waals surface area contributed by atoms with Gasteiger partial charge in [-0.3, -0.25) is 10.2 Å². The summed E-state index contributed by atoms with van der Waals surface area (Å²) in [5, 5.41) is 7.69. The smallest absolute Gasteiger partial charge is 0.226 e. The summed E-state index contributed by atoms with van der Waals surface area (Å²) < 4.78 is 25.5. The molecular formula is C25H37N9O3S. The van der Waals surface area contributed by atoms with Crippen molar-refractivity contribution in [2.45, 2.75) is 38.1 Å². The highest BCUT2D eigenvalue weighted by atomic mass is 32.2. The fourth-order valence-electron chi connectivity index (χ4n) is 6.21. The number of guanidine groups is 1. The summed E-state index contributed by atoms with van der Waals surface area (Å²) in [6.45, 7) is 2.90. The number of nitrogen functional groups attached to an aromatic ring is 1. The van der Waals surface area contributed by atoms with Crippen LogP contribution in [0, 0.1) is 23.2 Å². The van der Waals surface area contributed by atoms with Crippen LogP contribution in [0.15, 0.2) is 24.5 Å². The third kappa shape index (κ3) is 5.48. The minimum absolute atomic E-state index is 0.0516. The van der Waals surface area contributed by atoms with Crippen molar-refractivity contribution in [3.63, 3.8) is 0 Å². The quantitative estimate of drug-likeness (QED) is 0.321. The summed E-state index contributed by atoms with van der Waals surface area (Å²) in [5.74, 6) is 1.88. The van der Waals surface area contributed by atoms with Crippen LogP contribution in [0.5, 0.6) is 0 Å². The Bertz CT molecular complexity index is 1260. The number of nitrogens with zero attached hydrogens (tertiary/aromatic N) is 5. The maximum absolute atomic E-state index is 13.9. The van der Waals surface area contributed by atoms with Gasteiger partial charge < -0.3 is 26.3 Å². The highest BCUT2D eigenvalue weighted by molar-refractivity contribution is 7.88. The number of aromatic nitrogens is 3. The van der Waals surface area contributed by atoms with Crippen LogP contribution in [0.3, 0.4) is 0 Å². The van der Waals surface area contributed by atoms with E-state index in [2.05, 4.69) is 15.0 Å². The highest BCUT2D eigenvalue weighted by Crippen LogP contribution is 2.42. The Morgan fingerprint density at radius 1 is 1.05 bits per heavy atom. The van der Waals surface area contributed by atoms with Gasteiger partial charge in [0.2, 0.25) is 15.9 Å². The summed E-state index contributed by atoms with van der Waals surface area (Å²) in [7, 11) is -3.19. The predicted octanol–water partition coefficient (Wildman–Crippen LogP) is 1.22. The first-order valence-corrected chi connectivity index (χ1v) is 15.1. The third-order valence-electron chi connectivity index (χ3n) is 8.44. The molecule has 0 spiro atoms. The van der Waals surface area contributed by atoms with E-state index in [4.69, 9.17) is 16.9 Å². The van der Waals surface area contributed by atoms with Gasteiger partial charge in [0.1, 0.15) is 11.6 Å². The number of pyridine rings is 1. The average Bonchev–Trinajstić information content (AvgIpc) is 3.56. The molecule has 38 heavy (non-hydrogen) atoms. The molecule has 0 bridgehead atoms. The van der Waals surface area contributed by atoms with Crippen LogP contribution in [-0.4, -0.2) is 88.3 Å². The van der Waals surface area contributed by atoms with Crippen molar-refractivity contribution in [3.8, 4) is 11.3 Å². The van der Waals surface area contributed by atoms with E-state index in [0.717, 1.165) is 36.3 Å². The number of anilines is 1. The first kappa shape index (κ1) is 26.4. The van der Waals surface area contributed by atoms with Gasteiger partial charge in [-0.25, -0.2) is 22.7 Å². The Morgan fingerprint density at radius 2 is 1.76 bits per heavy atom. The van der Waals surface area contributed by atoms with Crippen molar-refractivity contribution in [2.24, 2.45) is 23.5 Å². The van der Waals surface area contributed by atoms with Crippen LogP contribution >= 0.6 is 0 Å². The number of imidazole rings is 1. The minimum atomic E-state index is -3.19. The molecule has 13 heteroatoms. The first-order chi connectivity index (χ1) is 18.1. The number of nitrogens with one attached hydrogen (secondary N) is 2. The molecular weight excluding hydrogens is 506 g/mol. The van der Waals surface area contributed by atoms with Gasteiger partial charge in [-0.1, -0.05) is 0 Å². The predicted molar refractivity (Wildman–Crippen MR) is 144 cm³/mol. The lowest BCUT2D eigenvalue weighted by Crippen LogP contribution is -2.46. The standard InChI is InChI=1S/C25H37N9O3S/c1-38(36,37)33-10-6-16(7-11-33)19-12-21(23-30-14-20(31-23)18-2-3-22(26)29-13-18)34(15-19)24(35)17-4-8-32(9-5-17)25(27)28/h2-3,13-14,16-17,19,21H,4-12,15H2,1H3,(H2,26,29)(H3,27,28)(H,30,31)/t19-,21-/m0/s1. The number of likely N-dealkylation sites (tertiary alicyclic amines) is 2.